The van der Waals surface area contributed by atoms with Gasteiger partial charge in [0.2, 0.25) is 0 Å². The predicted molar refractivity (Wildman–Crippen MR) is 40.7 cm³/mol. The molecule has 0 fully saturated rings. The van der Waals surface area contributed by atoms with E-state index in [1.165, 1.54) is 17.0 Å². The van der Waals surface area contributed by atoms with Crippen molar-refractivity contribution in [2.45, 2.75) is 26.4 Å². The molecule has 0 unspecified atom stereocenters. The fourth-order valence-electron chi connectivity index (χ4n) is 1.44. The van der Waals surface area contributed by atoms with Crippen LogP contribution in [0.3, 0.4) is 0 Å². The molecule has 0 spiro atoms. The maximum Gasteiger partial charge on any atom is 0.0363 e. The lowest BCUT2D eigenvalue weighted by Crippen LogP contribution is -2.02. The Morgan fingerprint density at radius 3 is 3.10 bits per heavy atom. The van der Waals surface area contributed by atoms with Gasteiger partial charge in [-0.1, -0.05) is 6.92 Å². The molecule has 1 aromatic rings. The average molecular weight is 136 g/mol. The zero-order chi connectivity index (χ0) is 6.97. The molecule has 1 aromatic heterocycles. The summed E-state index contributed by atoms with van der Waals surface area (Å²) in [5, 5.41) is 3.29. The van der Waals surface area contributed by atoms with Crippen LogP contribution in [0.5, 0.6) is 0 Å². The molecular weight excluding hydrogens is 124 g/mol. The smallest absolute Gasteiger partial charge is 0.0363 e. The minimum Gasteiger partial charge on any atom is -0.361 e. The number of H-pyrrole nitrogens is 1. The largest absolute Gasteiger partial charge is 0.361 e. The highest BCUT2D eigenvalue weighted by molar-refractivity contribution is 5.28. The number of rotatable bonds is 1. The van der Waals surface area contributed by atoms with Crippen LogP contribution < -0.4 is 5.32 Å². The van der Waals surface area contributed by atoms with Crippen LogP contribution >= 0.6 is 0 Å². The van der Waals surface area contributed by atoms with Gasteiger partial charge >= 0.3 is 0 Å². The van der Waals surface area contributed by atoms with Gasteiger partial charge in [-0.15, -0.1) is 0 Å². The number of fused-ring (bicyclic) bond motifs is 1. The van der Waals surface area contributed by atoms with Gasteiger partial charge in [-0.2, -0.15) is 0 Å². The lowest BCUT2D eigenvalue weighted by Gasteiger charge is -1.90. The van der Waals surface area contributed by atoms with E-state index in [4.69, 9.17) is 0 Å². The Morgan fingerprint density at radius 1 is 1.50 bits per heavy atom. The number of aryl methyl sites for hydroxylation is 1. The van der Waals surface area contributed by atoms with E-state index in [9.17, 15) is 0 Å². The Kier molecular flexibility index (Phi) is 1.27. The van der Waals surface area contributed by atoms with E-state index >= 15 is 0 Å². The Morgan fingerprint density at radius 2 is 2.40 bits per heavy atom. The van der Waals surface area contributed by atoms with Crippen LogP contribution in [-0.4, -0.2) is 4.98 Å². The highest BCUT2D eigenvalue weighted by Crippen LogP contribution is 2.15. The summed E-state index contributed by atoms with van der Waals surface area (Å²) in [4.78, 5) is 3.38. The third kappa shape index (κ3) is 0.762. The molecule has 2 heteroatoms. The van der Waals surface area contributed by atoms with Gasteiger partial charge in [0.1, 0.15) is 0 Å². The fourth-order valence-corrected chi connectivity index (χ4v) is 1.44. The molecule has 0 saturated carbocycles. The molecule has 54 valence electrons. The summed E-state index contributed by atoms with van der Waals surface area (Å²) in [6, 6.07) is 2.26. The molecular formula is C8H12N2. The number of nitrogens with one attached hydrogen (secondary N) is 2. The van der Waals surface area contributed by atoms with Crippen LogP contribution in [-0.2, 0) is 19.5 Å². The summed E-state index contributed by atoms with van der Waals surface area (Å²) in [5.74, 6) is 0. The maximum atomic E-state index is 3.38. The number of aromatic amines is 1. The topological polar surface area (TPSA) is 27.8 Å². The minimum atomic E-state index is 1.02. The molecule has 0 amide bonds. The van der Waals surface area contributed by atoms with Gasteiger partial charge in [-0.3, -0.25) is 0 Å². The number of aromatic nitrogens is 1. The maximum absolute atomic E-state index is 3.38. The molecule has 0 aromatic carbocycles. The molecule has 0 atom stereocenters. The summed E-state index contributed by atoms with van der Waals surface area (Å²) in [7, 11) is 0. The summed E-state index contributed by atoms with van der Waals surface area (Å²) < 4.78 is 0. The third-order valence-electron chi connectivity index (χ3n) is 2.05. The highest BCUT2D eigenvalue weighted by atomic mass is 14.9. The minimum absolute atomic E-state index is 1.02. The summed E-state index contributed by atoms with van der Waals surface area (Å²) >= 11 is 0. The van der Waals surface area contributed by atoms with Crippen molar-refractivity contribution in [3.63, 3.8) is 0 Å². The van der Waals surface area contributed by atoms with Gasteiger partial charge < -0.3 is 10.3 Å². The molecule has 0 bridgehead atoms. The predicted octanol–water partition coefficient (Wildman–Crippen LogP) is 1.18. The van der Waals surface area contributed by atoms with E-state index < -0.39 is 0 Å². The van der Waals surface area contributed by atoms with Crippen molar-refractivity contribution in [2.75, 3.05) is 0 Å². The van der Waals surface area contributed by atoms with E-state index in [1.807, 2.05) is 0 Å². The standard InChI is InChI=1S/C8H12N2/c1-2-7-3-6-4-9-5-8(6)10-7/h3,9-10H,2,4-5H2,1H3. The van der Waals surface area contributed by atoms with E-state index in [-0.39, 0.29) is 0 Å². The molecule has 0 saturated heterocycles. The molecule has 2 heterocycles. The SMILES string of the molecule is CCc1cc2c([nH]1)CNC2. The molecule has 0 radical (unpaired) electrons. The second kappa shape index (κ2) is 2.13. The Balaban J connectivity index is 2.37. The number of hydrogen-bond donors (Lipinski definition) is 2. The van der Waals surface area contributed by atoms with Crippen LogP contribution in [0, 0.1) is 0 Å². The first-order valence-corrected chi connectivity index (χ1v) is 3.80. The molecule has 10 heavy (non-hydrogen) atoms. The first kappa shape index (κ1) is 5.98. The van der Waals surface area contributed by atoms with Crippen molar-refractivity contribution >= 4 is 0 Å². The molecule has 2 nitrogen and oxygen atoms in total. The van der Waals surface area contributed by atoms with Crippen LogP contribution in [0.2, 0.25) is 0 Å². The zero-order valence-electron chi connectivity index (χ0n) is 6.20. The van der Waals surface area contributed by atoms with Crippen LogP contribution in [0.25, 0.3) is 0 Å². The molecule has 2 rings (SSSR count). The van der Waals surface area contributed by atoms with E-state index in [2.05, 4.69) is 23.3 Å². The monoisotopic (exact) mass is 136 g/mol. The molecule has 0 aliphatic carbocycles. The first-order valence-electron chi connectivity index (χ1n) is 3.80. The van der Waals surface area contributed by atoms with Gasteiger partial charge in [-0.25, -0.2) is 0 Å². The van der Waals surface area contributed by atoms with Crippen molar-refractivity contribution in [1.82, 2.24) is 10.3 Å². The van der Waals surface area contributed by atoms with Crippen molar-refractivity contribution in [3.05, 3.63) is 23.0 Å². The lowest BCUT2D eigenvalue weighted by atomic mass is 10.2. The van der Waals surface area contributed by atoms with Crippen molar-refractivity contribution in [2.24, 2.45) is 0 Å². The zero-order valence-corrected chi connectivity index (χ0v) is 6.20. The van der Waals surface area contributed by atoms with Gasteiger partial charge in [-0.05, 0) is 18.1 Å². The second-order valence-electron chi connectivity index (χ2n) is 2.76. The molecule has 1 aliphatic heterocycles. The van der Waals surface area contributed by atoms with Crippen molar-refractivity contribution < 1.29 is 0 Å². The van der Waals surface area contributed by atoms with Gasteiger partial charge in [0.15, 0.2) is 0 Å². The van der Waals surface area contributed by atoms with Crippen LogP contribution in [0.4, 0.5) is 0 Å². The third-order valence-corrected chi connectivity index (χ3v) is 2.05. The fraction of sp³-hybridized carbons (Fsp3) is 0.500. The number of hydrogen-bond acceptors (Lipinski definition) is 1. The van der Waals surface area contributed by atoms with E-state index in [0.717, 1.165) is 19.5 Å². The molecule has 1 aliphatic rings. The Bertz CT molecular complexity index is 216. The quantitative estimate of drug-likeness (QED) is 0.596. The van der Waals surface area contributed by atoms with Gasteiger partial charge in [0, 0.05) is 24.5 Å². The summed E-state index contributed by atoms with van der Waals surface area (Å²) in [5.41, 5.74) is 4.21. The molecule has 2 N–H and O–H groups in total. The Hall–Kier alpha value is -0.760. The average Bonchev–Trinajstić information content (AvgIpc) is 2.42. The summed E-state index contributed by atoms with van der Waals surface area (Å²) in [6.45, 7) is 4.25. The van der Waals surface area contributed by atoms with Crippen molar-refractivity contribution in [3.8, 4) is 0 Å². The Labute approximate surface area is 60.6 Å². The normalized spacial score (nSPS) is 15.7. The first-order chi connectivity index (χ1) is 4.90. The highest BCUT2D eigenvalue weighted by Gasteiger charge is 2.11. The van der Waals surface area contributed by atoms with Crippen LogP contribution in [0.15, 0.2) is 6.07 Å². The van der Waals surface area contributed by atoms with Crippen LogP contribution in [0.1, 0.15) is 23.9 Å². The lowest BCUT2D eigenvalue weighted by molar-refractivity contribution is 0.749. The van der Waals surface area contributed by atoms with Crippen molar-refractivity contribution in [1.29, 1.82) is 0 Å². The second-order valence-corrected chi connectivity index (χ2v) is 2.76. The summed E-state index contributed by atoms with van der Waals surface area (Å²) in [6.07, 6.45) is 1.12. The van der Waals surface area contributed by atoms with E-state index in [1.54, 1.807) is 0 Å². The van der Waals surface area contributed by atoms with Gasteiger partial charge in [0.25, 0.3) is 0 Å². The van der Waals surface area contributed by atoms with E-state index in [0.29, 0.717) is 0 Å². The van der Waals surface area contributed by atoms with Gasteiger partial charge in [0.05, 0.1) is 0 Å².